The van der Waals surface area contributed by atoms with Crippen molar-refractivity contribution < 1.29 is 9.15 Å². The average molecular weight is 196 g/mol. The smallest absolute Gasteiger partial charge is 0.181 e. The lowest BCUT2D eigenvalue weighted by atomic mass is 10.1. The number of hydrogen-bond donors (Lipinski definition) is 1. The molecule has 1 aromatic rings. The van der Waals surface area contributed by atoms with Crippen LogP contribution in [0, 0.1) is 0 Å². The first-order chi connectivity index (χ1) is 6.92. The second-order valence-corrected chi connectivity index (χ2v) is 3.45. The van der Waals surface area contributed by atoms with Gasteiger partial charge in [-0.05, 0) is 19.4 Å². The Labute approximate surface area is 83.7 Å². The maximum absolute atomic E-state index is 5.56. The molecule has 2 rings (SSSR count). The van der Waals surface area contributed by atoms with Crippen molar-refractivity contribution in [1.82, 2.24) is 10.3 Å². The highest BCUT2D eigenvalue weighted by Gasteiger charge is 2.24. The molecule has 78 valence electrons. The first-order valence-corrected chi connectivity index (χ1v) is 5.16. The monoisotopic (exact) mass is 196 g/mol. The molecule has 0 bridgehead atoms. The molecule has 4 heteroatoms. The zero-order valence-electron chi connectivity index (χ0n) is 8.45. The van der Waals surface area contributed by atoms with Crippen LogP contribution in [0.25, 0.3) is 0 Å². The highest BCUT2D eigenvalue weighted by atomic mass is 16.5. The number of oxazole rings is 1. The van der Waals surface area contributed by atoms with Crippen molar-refractivity contribution in [3.05, 3.63) is 17.8 Å². The standard InChI is InChI=1S/C10H16N2O2/c1-2-11-6-8-10(14-7-12-8)9-4-3-5-13-9/h7,9,11H,2-6H2,1H3. The maximum Gasteiger partial charge on any atom is 0.181 e. The number of nitrogens with zero attached hydrogens (tertiary/aromatic N) is 1. The topological polar surface area (TPSA) is 47.3 Å². The van der Waals surface area contributed by atoms with Gasteiger partial charge in [-0.2, -0.15) is 0 Å². The van der Waals surface area contributed by atoms with Crippen LogP contribution in [0.4, 0.5) is 0 Å². The third-order valence-electron chi connectivity index (χ3n) is 2.44. The lowest BCUT2D eigenvalue weighted by molar-refractivity contribution is 0.0925. The molecule has 1 N–H and O–H groups in total. The molecule has 1 aromatic heterocycles. The first kappa shape index (κ1) is 9.68. The van der Waals surface area contributed by atoms with E-state index in [1.807, 2.05) is 0 Å². The largest absolute Gasteiger partial charge is 0.445 e. The van der Waals surface area contributed by atoms with Crippen LogP contribution in [0.2, 0.25) is 0 Å². The first-order valence-electron chi connectivity index (χ1n) is 5.16. The highest BCUT2D eigenvalue weighted by Crippen LogP contribution is 2.30. The molecule has 0 aromatic carbocycles. The molecule has 1 aliphatic heterocycles. The summed E-state index contributed by atoms with van der Waals surface area (Å²) >= 11 is 0. The molecular weight excluding hydrogens is 180 g/mol. The van der Waals surface area contributed by atoms with Gasteiger partial charge in [0.15, 0.2) is 12.2 Å². The van der Waals surface area contributed by atoms with Crippen molar-refractivity contribution in [3.8, 4) is 0 Å². The number of hydrogen-bond acceptors (Lipinski definition) is 4. The fourth-order valence-electron chi connectivity index (χ4n) is 1.70. The molecule has 0 saturated carbocycles. The number of aromatic nitrogens is 1. The maximum atomic E-state index is 5.56. The van der Waals surface area contributed by atoms with E-state index in [-0.39, 0.29) is 6.10 Å². The summed E-state index contributed by atoms with van der Waals surface area (Å²) in [5, 5.41) is 3.24. The zero-order chi connectivity index (χ0) is 9.80. The Morgan fingerprint density at radius 1 is 1.64 bits per heavy atom. The van der Waals surface area contributed by atoms with Gasteiger partial charge in [-0.25, -0.2) is 4.98 Å². The van der Waals surface area contributed by atoms with Crippen LogP contribution in [0.15, 0.2) is 10.8 Å². The van der Waals surface area contributed by atoms with E-state index in [9.17, 15) is 0 Å². The van der Waals surface area contributed by atoms with Crippen LogP contribution in [0.5, 0.6) is 0 Å². The zero-order valence-corrected chi connectivity index (χ0v) is 8.45. The van der Waals surface area contributed by atoms with E-state index in [0.29, 0.717) is 0 Å². The third kappa shape index (κ3) is 1.96. The summed E-state index contributed by atoms with van der Waals surface area (Å²) in [6.45, 7) is 4.62. The van der Waals surface area contributed by atoms with Gasteiger partial charge in [0, 0.05) is 13.2 Å². The molecule has 4 nitrogen and oxygen atoms in total. The molecule has 0 amide bonds. The summed E-state index contributed by atoms with van der Waals surface area (Å²) in [7, 11) is 0. The highest BCUT2D eigenvalue weighted by molar-refractivity contribution is 5.11. The Kier molecular flexibility index (Phi) is 3.16. The normalized spacial score (nSPS) is 21.6. The molecule has 0 aliphatic carbocycles. The third-order valence-corrected chi connectivity index (χ3v) is 2.44. The summed E-state index contributed by atoms with van der Waals surface area (Å²) in [5.41, 5.74) is 0.985. The van der Waals surface area contributed by atoms with Crippen LogP contribution in [0.3, 0.4) is 0 Å². The second-order valence-electron chi connectivity index (χ2n) is 3.45. The summed E-state index contributed by atoms with van der Waals surface area (Å²) in [4.78, 5) is 4.19. The minimum absolute atomic E-state index is 0.131. The number of rotatable bonds is 4. The number of nitrogens with one attached hydrogen (secondary N) is 1. The molecule has 0 radical (unpaired) electrons. The van der Waals surface area contributed by atoms with E-state index in [1.165, 1.54) is 6.39 Å². The molecule has 0 spiro atoms. The van der Waals surface area contributed by atoms with E-state index in [0.717, 1.165) is 44.0 Å². The van der Waals surface area contributed by atoms with E-state index in [2.05, 4.69) is 17.2 Å². The van der Waals surface area contributed by atoms with Gasteiger partial charge in [0.25, 0.3) is 0 Å². The van der Waals surface area contributed by atoms with Gasteiger partial charge in [-0.3, -0.25) is 0 Å². The van der Waals surface area contributed by atoms with Gasteiger partial charge < -0.3 is 14.5 Å². The average Bonchev–Trinajstić information content (AvgIpc) is 2.84. The Morgan fingerprint density at radius 3 is 3.29 bits per heavy atom. The Balaban J connectivity index is 2.04. The minimum Gasteiger partial charge on any atom is -0.445 e. The molecule has 1 aliphatic rings. The van der Waals surface area contributed by atoms with Crippen LogP contribution in [-0.2, 0) is 11.3 Å². The fourth-order valence-corrected chi connectivity index (χ4v) is 1.70. The lowest BCUT2D eigenvalue weighted by Gasteiger charge is -2.07. The fraction of sp³-hybridized carbons (Fsp3) is 0.700. The van der Waals surface area contributed by atoms with Gasteiger partial charge in [-0.15, -0.1) is 0 Å². The van der Waals surface area contributed by atoms with Crippen molar-refractivity contribution >= 4 is 0 Å². The minimum atomic E-state index is 0.131. The predicted octanol–water partition coefficient (Wildman–Crippen LogP) is 1.64. The quantitative estimate of drug-likeness (QED) is 0.795. The molecule has 14 heavy (non-hydrogen) atoms. The van der Waals surface area contributed by atoms with Gasteiger partial charge in [0.05, 0.1) is 5.69 Å². The molecule has 1 unspecified atom stereocenters. The Morgan fingerprint density at radius 2 is 2.57 bits per heavy atom. The predicted molar refractivity (Wildman–Crippen MR) is 51.8 cm³/mol. The molecule has 1 fully saturated rings. The van der Waals surface area contributed by atoms with E-state index in [4.69, 9.17) is 9.15 Å². The van der Waals surface area contributed by atoms with Crippen LogP contribution in [-0.4, -0.2) is 18.1 Å². The van der Waals surface area contributed by atoms with Gasteiger partial charge >= 0.3 is 0 Å². The number of ether oxygens (including phenoxy) is 1. The van der Waals surface area contributed by atoms with Crippen molar-refractivity contribution in [2.45, 2.75) is 32.4 Å². The Bertz CT molecular complexity index is 279. The van der Waals surface area contributed by atoms with Crippen molar-refractivity contribution in [2.24, 2.45) is 0 Å². The Hall–Kier alpha value is -0.870. The van der Waals surface area contributed by atoms with Crippen molar-refractivity contribution in [1.29, 1.82) is 0 Å². The van der Waals surface area contributed by atoms with Crippen LogP contribution >= 0.6 is 0 Å². The summed E-state index contributed by atoms with van der Waals surface area (Å²) in [6.07, 6.45) is 3.80. The SMILES string of the molecule is CCNCc1ncoc1C1CCCO1. The van der Waals surface area contributed by atoms with Crippen LogP contribution < -0.4 is 5.32 Å². The summed E-state index contributed by atoms with van der Waals surface area (Å²) in [5.74, 6) is 0.906. The van der Waals surface area contributed by atoms with E-state index < -0.39 is 0 Å². The summed E-state index contributed by atoms with van der Waals surface area (Å²) in [6, 6.07) is 0. The molecule has 2 heterocycles. The summed E-state index contributed by atoms with van der Waals surface area (Å²) < 4.78 is 10.9. The second kappa shape index (κ2) is 4.57. The van der Waals surface area contributed by atoms with Gasteiger partial charge in [-0.1, -0.05) is 6.92 Å². The van der Waals surface area contributed by atoms with E-state index >= 15 is 0 Å². The van der Waals surface area contributed by atoms with Crippen molar-refractivity contribution in [2.75, 3.05) is 13.2 Å². The lowest BCUT2D eigenvalue weighted by Crippen LogP contribution is -2.14. The van der Waals surface area contributed by atoms with Gasteiger partial charge in [0.2, 0.25) is 0 Å². The van der Waals surface area contributed by atoms with Crippen LogP contribution in [0.1, 0.15) is 37.3 Å². The molecular formula is C10H16N2O2. The molecule has 1 atom stereocenters. The molecule has 1 saturated heterocycles. The van der Waals surface area contributed by atoms with Gasteiger partial charge in [0.1, 0.15) is 6.10 Å². The van der Waals surface area contributed by atoms with Crippen molar-refractivity contribution in [3.63, 3.8) is 0 Å². The van der Waals surface area contributed by atoms with E-state index in [1.54, 1.807) is 0 Å².